The van der Waals surface area contributed by atoms with Crippen molar-refractivity contribution in [3.05, 3.63) is 58.2 Å². The first kappa shape index (κ1) is 12.2. The summed E-state index contributed by atoms with van der Waals surface area (Å²) in [7, 11) is 0. The quantitative estimate of drug-likeness (QED) is 0.745. The zero-order valence-electron chi connectivity index (χ0n) is 10.6. The van der Waals surface area contributed by atoms with Crippen molar-refractivity contribution in [2.24, 2.45) is 0 Å². The van der Waals surface area contributed by atoms with Crippen LogP contribution in [0.1, 0.15) is 16.1 Å². The molecule has 0 atom stereocenters. The zero-order chi connectivity index (χ0) is 14.1. The van der Waals surface area contributed by atoms with Crippen LogP contribution in [0.25, 0.3) is 10.9 Å². The van der Waals surface area contributed by atoms with Gasteiger partial charge in [0.1, 0.15) is 0 Å². The summed E-state index contributed by atoms with van der Waals surface area (Å²) in [5, 5.41) is 7.09. The summed E-state index contributed by atoms with van der Waals surface area (Å²) in [6.07, 6.45) is 1.40. The zero-order valence-corrected chi connectivity index (χ0v) is 10.6. The molecule has 6 nitrogen and oxygen atoms in total. The summed E-state index contributed by atoms with van der Waals surface area (Å²) < 4.78 is 4.77. The van der Waals surface area contributed by atoms with Crippen molar-refractivity contribution in [1.82, 2.24) is 10.1 Å². The number of aromatic nitrogens is 2. The Morgan fingerprint density at radius 1 is 1.30 bits per heavy atom. The summed E-state index contributed by atoms with van der Waals surface area (Å²) in [6.45, 7) is 1.87. The van der Waals surface area contributed by atoms with E-state index in [1.807, 2.05) is 13.0 Å². The van der Waals surface area contributed by atoms with Crippen molar-refractivity contribution in [2.45, 2.75) is 6.92 Å². The third-order valence-corrected chi connectivity index (χ3v) is 2.97. The van der Waals surface area contributed by atoms with Crippen LogP contribution in [0.3, 0.4) is 0 Å². The second-order valence-electron chi connectivity index (χ2n) is 4.41. The molecule has 0 saturated heterocycles. The topological polar surface area (TPSA) is 88.0 Å². The van der Waals surface area contributed by atoms with Gasteiger partial charge < -0.3 is 14.8 Å². The molecule has 2 N–H and O–H groups in total. The Bertz CT molecular complexity index is 834. The Kier molecular flexibility index (Phi) is 2.83. The van der Waals surface area contributed by atoms with Crippen LogP contribution in [0.2, 0.25) is 0 Å². The van der Waals surface area contributed by atoms with Gasteiger partial charge in [-0.15, -0.1) is 0 Å². The van der Waals surface area contributed by atoms with Crippen LogP contribution in [0, 0.1) is 6.92 Å². The molecule has 0 saturated carbocycles. The molecule has 0 radical (unpaired) electrons. The number of fused-ring (bicyclic) bond motifs is 1. The first-order valence-corrected chi connectivity index (χ1v) is 5.99. The molecule has 0 bridgehead atoms. The van der Waals surface area contributed by atoms with Crippen LogP contribution < -0.4 is 10.9 Å². The van der Waals surface area contributed by atoms with Crippen LogP contribution in [0.5, 0.6) is 0 Å². The number of aryl methyl sites for hydroxylation is 1. The summed E-state index contributed by atoms with van der Waals surface area (Å²) >= 11 is 0. The number of nitrogens with one attached hydrogen (secondary N) is 2. The minimum absolute atomic E-state index is 0.128. The molecule has 0 fully saturated rings. The van der Waals surface area contributed by atoms with Crippen LogP contribution in [-0.4, -0.2) is 16.0 Å². The van der Waals surface area contributed by atoms with E-state index in [2.05, 4.69) is 15.5 Å². The highest BCUT2D eigenvalue weighted by molar-refractivity contribution is 6.03. The molecular weight excluding hydrogens is 258 g/mol. The number of anilines is 1. The minimum atomic E-state index is -0.392. The highest BCUT2D eigenvalue weighted by Crippen LogP contribution is 2.19. The fraction of sp³-hybridized carbons (Fsp3) is 0.0714. The second-order valence-corrected chi connectivity index (χ2v) is 4.41. The minimum Gasteiger partial charge on any atom is -0.351 e. The molecule has 0 aliphatic carbocycles. The number of pyridine rings is 1. The third kappa shape index (κ3) is 2.18. The van der Waals surface area contributed by atoms with E-state index in [1.165, 1.54) is 18.3 Å². The predicted molar refractivity (Wildman–Crippen MR) is 73.8 cm³/mol. The molecule has 0 spiro atoms. The number of carbonyl (C=O) groups is 1. The molecule has 1 aromatic carbocycles. The molecule has 6 heteroatoms. The van der Waals surface area contributed by atoms with Gasteiger partial charge in [0.15, 0.2) is 0 Å². The maximum atomic E-state index is 11.8. The van der Waals surface area contributed by atoms with E-state index in [-0.39, 0.29) is 11.3 Å². The van der Waals surface area contributed by atoms with Crippen molar-refractivity contribution < 1.29 is 9.32 Å². The Labute approximate surface area is 113 Å². The molecule has 0 aliphatic heterocycles. The number of carbonyl (C=O) groups excluding carboxylic acids is 1. The van der Waals surface area contributed by atoms with Crippen molar-refractivity contribution in [1.29, 1.82) is 0 Å². The maximum absolute atomic E-state index is 11.8. The Morgan fingerprint density at radius 2 is 2.15 bits per heavy atom. The molecule has 3 rings (SSSR count). The van der Waals surface area contributed by atoms with E-state index in [1.54, 1.807) is 12.1 Å². The molecule has 0 unspecified atom stereocenters. The maximum Gasteiger partial charge on any atom is 0.294 e. The van der Waals surface area contributed by atoms with E-state index in [9.17, 15) is 9.59 Å². The second kappa shape index (κ2) is 4.65. The Morgan fingerprint density at radius 3 is 2.90 bits per heavy atom. The van der Waals surface area contributed by atoms with E-state index < -0.39 is 5.91 Å². The van der Waals surface area contributed by atoms with Gasteiger partial charge in [0.25, 0.3) is 5.91 Å². The standard InChI is InChI=1S/C14H11N3O3/c1-8-6-13(18)17-11-7-9(2-3-10(8)11)16-14(19)12-4-5-15-20-12/h2-7H,1H3,(H,16,19)(H,17,18). The van der Waals surface area contributed by atoms with Gasteiger partial charge in [0.05, 0.1) is 11.7 Å². The lowest BCUT2D eigenvalue weighted by Gasteiger charge is -2.06. The normalized spacial score (nSPS) is 10.7. The lowest BCUT2D eigenvalue weighted by atomic mass is 10.1. The van der Waals surface area contributed by atoms with Gasteiger partial charge in [-0.25, -0.2) is 0 Å². The molecule has 100 valence electrons. The molecule has 2 aromatic heterocycles. The van der Waals surface area contributed by atoms with Gasteiger partial charge >= 0.3 is 0 Å². The summed E-state index contributed by atoms with van der Waals surface area (Å²) in [4.78, 5) is 26.0. The van der Waals surface area contributed by atoms with Crippen molar-refractivity contribution in [3.8, 4) is 0 Å². The summed E-state index contributed by atoms with van der Waals surface area (Å²) in [5.41, 5.74) is 1.95. The van der Waals surface area contributed by atoms with Crippen LogP contribution in [0.4, 0.5) is 5.69 Å². The van der Waals surface area contributed by atoms with Crippen molar-refractivity contribution in [2.75, 3.05) is 5.32 Å². The monoisotopic (exact) mass is 269 g/mol. The number of benzene rings is 1. The van der Waals surface area contributed by atoms with Gasteiger partial charge in [0, 0.05) is 23.2 Å². The number of hydrogen-bond acceptors (Lipinski definition) is 4. The van der Waals surface area contributed by atoms with Gasteiger partial charge in [-0.05, 0) is 24.6 Å². The van der Waals surface area contributed by atoms with Gasteiger partial charge in [-0.2, -0.15) is 0 Å². The van der Waals surface area contributed by atoms with Crippen molar-refractivity contribution >= 4 is 22.5 Å². The smallest absolute Gasteiger partial charge is 0.294 e. The number of nitrogens with zero attached hydrogens (tertiary/aromatic N) is 1. The van der Waals surface area contributed by atoms with E-state index in [0.717, 1.165) is 10.9 Å². The largest absolute Gasteiger partial charge is 0.351 e. The van der Waals surface area contributed by atoms with Gasteiger partial charge in [0.2, 0.25) is 11.3 Å². The van der Waals surface area contributed by atoms with Crippen molar-refractivity contribution in [3.63, 3.8) is 0 Å². The molecule has 0 aliphatic rings. The van der Waals surface area contributed by atoms with Crippen LogP contribution in [-0.2, 0) is 0 Å². The first-order chi connectivity index (χ1) is 9.63. The molecule has 3 aromatic rings. The van der Waals surface area contributed by atoms with E-state index in [4.69, 9.17) is 4.52 Å². The third-order valence-electron chi connectivity index (χ3n) is 2.97. The molecular formula is C14H11N3O3. The molecule has 2 heterocycles. The number of amides is 1. The first-order valence-electron chi connectivity index (χ1n) is 5.99. The lowest BCUT2D eigenvalue weighted by molar-refractivity contribution is 0.0988. The van der Waals surface area contributed by atoms with Crippen LogP contribution >= 0.6 is 0 Å². The Balaban J connectivity index is 1.97. The number of H-pyrrole nitrogens is 1. The summed E-state index contributed by atoms with van der Waals surface area (Å²) in [5.74, 6) is -0.264. The molecule has 20 heavy (non-hydrogen) atoms. The lowest BCUT2D eigenvalue weighted by Crippen LogP contribution is -2.11. The van der Waals surface area contributed by atoms with E-state index >= 15 is 0 Å². The van der Waals surface area contributed by atoms with Gasteiger partial charge in [-0.3, -0.25) is 9.59 Å². The SMILES string of the molecule is Cc1cc(=O)[nH]c2cc(NC(=O)c3ccno3)ccc12. The Hall–Kier alpha value is -2.89. The fourth-order valence-corrected chi connectivity index (χ4v) is 2.04. The van der Waals surface area contributed by atoms with E-state index in [0.29, 0.717) is 11.2 Å². The van der Waals surface area contributed by atoms with Crippen LogP contribution in [0.15, 0.2) is 45.8 Å². The average Bonchev–Trinajstić information content (AvgIpc) is 2.91. The molecule has 1 amide bonds. The van der Waals surface area contributed by atoms with Gasteiger partial charge in [-0.1, -0.05) is 11.2 Å². The predicted octanol–water partition coefficient (Wildman–Crippen LogP) is 2.08. The number of hydrogen-bond donors (Lipinski definition) is 2. The number of aromatic amines is 1. The fourth-order valence-electron chi connectivity index (χ4n) is 2.04. The average molecular weight is 269 g/mol. The number of rotatable bonds is 2. The highest BCUT2D eigenvalue weighted by atomic mass is 16.5. The highest BCUT2D eigenvalue weighted by Gasteiger charge is 2.10. The summed E-state index contributed by atoms with van der Waals surface area (Å²) in [6, 6.07) is 8.33.